The normalized spacial score (nSPS) is 11.3. The minimum atomic E-state index is 0.660. The molecule has 0 saturated carbocycles. The third-order valence-corrected chi connectivity index (χ3v) is 5.23. The summed E-state index contributed by atoms with van der Waals surface area (Å²) < 4.78 is 16.8. The molecule has 0 N–H and O–H groups in total. The van der Waals surface area contributed by atoms with E-state index in [-0.39, 0.29) is 0 Å². The van der Waals surface area contributed by atoms with Gasteiger partial charge in [0.1, 0.15) is 11.5 Å². The van der Waals surface area contributed by atoms with Gasteiger partial charge in [0.25, 0.3) is 0 Å². The van der Waals surface area contributed by atoms with Crippen molar-refractivity contribution in [1.82, 2.24) is 0 Å². The SMILES string of the molecule is COc1ccc(-c2cc(/C=C(\Cl)c3ccccc3)cc(-c3ccc(OC)cc3)[o+]2)cc1. The highest BCUT2D eigenvalue weighted by Crippen LogP contribution is 2.32. The van der Waals surface area contributed by atoms with Gasteiger partial charge in [0, 0.05) is 5.03 Å². The number of halogens is 1. The predicted molar refractivity (Wildman–Crippen MR) is 127 cm³/mol. The Kier molecular flexibility index (Phi) is 6.34. The molecule has 4 heteroatoms. The molecule has 1 heterocycles. The Hall–Kier alpha value is -3.56. The maximum atomic E-state index is 6.61. The molecule has 0 bridgehead atoms. The van der Waals surface area contributed by atoms with Crippen molar-refractivity contribution in [3.63, 3.8) is 0 Å². The average Bonchev–Trinajstić information content (AvgIpc) is 2.84. The van der Waals surface area contributed by atoms with Crippen molar-refractivity contribution in [3.8, 4) is 34.1 Å². The molecule has 4 rings (SSSR count). The second-order valence-corrected chi connectivity index (χ2v) is 7.34. The minimum Gasteiger partial charge on any atom is -0.497 e. The van der Waals surface area contributed by atoms with E-state index in [1.807, 2.05) is 97.1 Å². The van der Waals surface area contributed by atoms with Crippen LogP contribution in [0.5, 0.6) is 11.5 Å². The van der Waals surface area contributed by atoms with E-state index >= 15 is 0 Å². The Labute approximate surface area is 187 Å². The Balaban J connectivity index is 1.81. The van der Waals surface area contributed by atoms with E-state index in [0.29, 0.717) is 5.03 Å². The molecule has 0 aliphatic heterocycles. The van der Waals surface area contributed by atoms with Gasteiger partial charge in [0.2, 0.25) is 0 Å². The van der Waals surface area contributed by atoms with Gasteiger partial charge in [-0.1, -0.05) is 41.9 Å². The lowest BCUT2D eigenvalue weighted by atomic mass is 10.1. The van der Waals surface area contributed by atoms with Crippen LogP contribution in [0.1, 0.15) is 11.1 Å². The zero-order chi connectivity index (χ0) is 21.6. The topological polar surface area (TPSA) is 29.8 Å². The molecule has 31 heavy (non-hydrogen) atoms. The molecule has 0 fully saturated rings. The van der Waals surface area contributed by atoms with Crippen LogP contribution in [0.2, 0.25) is 0 Å². The van der Waals surface area contributed by atoms with Gasteiger partial charge in [-0.3, -0.25) is 0 Å². The molecule has 4 aromatic rings. The zero-order valence-corrected chi connectivity index (χ0v) is 18.1. The van der Waals surface area contributed by atoms with Crippen molar-refractivity contribution >= 4 is 22.7 Å². The number of benzene rings is 3. The Morgan fingerprint density at radius 2 is 1.19 bits per heavy atom. The quantitative estimate of drug-likeness (QED) is 0.295. The lowest BCUT2D eigenvalue weighted by molar-refractivity contribution is 0.415. The van der Waals surface area contributed by atoms with Crippen LogP contribution >= 0.6 is 11.6 Å². The monoisotopic (exact) mass is 429 g/mol. The number of methoxy groups -OCH3 is 2. The molecule has 3 nitrogen and oxygen atoms in total. The molecule has 0 aliphatic rings. The lowest BCUT2D eigenvalue weighted by Gasteiger charge is -2.03. The van der Waals surface area contributed by atoms with Crippen molar-refractivity contribution in [2.24, 2.45) is 0 Å². The summed E-state index contributed by atoms with van der Waals surface area (Å²) in [6.45, 7) is 0. The average molecular weight is 430 g/mol. The summed E-state index contributed by atoms with van der Waals surface area (Å²) >= 11 is 6.61. The van der Waals surface area contributed by atoms with Gasteiger partial charge in [-0.25, -0.2) is 4.42 Å². The highest BCUT2D eigenvalue weighted by Gasteiger charge is 2.20. The third-order valence-electron chi connectivity index (χ3n) is 4.91. The van der Waals surface area contributed by atoms with E-state index in [1.165, 1.54) is 0 Å². The molecule has 0 spiro atoms. The molecular weight excluding hydrogens is 408 g/mol. The van der Waals surface area contributed by atoms with Crippen LogP contribution in [0.15, 0.2) is 95.4 Å². The summed E-state index contributed by atoms with van der Waals surface area (Å²) in [4.78, 5) is 0. The summed E-state index contributed by atoms with van der Waals surface area (Å²) in [6, 6.07) is 29.4. The van der Waals surface area contributed by atoms with Crippen LogP contribution in [-0.4, -0.2) is 14.2 Å². The molecular formula is C27H22ClO3+. The standard InChI is InChI=1S/C27H22ClO3/c1-29-23-12-8-21(9-13-23)26-17-19(16-25(28)20-6-4-3-5-7-20)18-27(31-26)22-10-14-24(30-2)15-11-22/h3-18H,1-2H3/q+1/b25-16-. The third kappa shape index (κ3) is 4.96. The molecule has 0 atom stereocenters. The number of hydrogen-bond acceptors (Lipinski definition) is 2. The molecule has 0 aliphatic carbocycles. The number of ether oxygens (including phenoxy) is 2. The van der Waals surface area contributed by atoms with Crippen LogP contribution in [0.3, 0.4) is 0 Å². The number of hydrogen-bond donors (Lipinski definition) is 0. The molecule has 1 aromatic heterocycles. The predicted octanol–water partition coefficient (Wildman–Crippen LogP) is 7.65. The summed E-state index contributed by atoms with van der Waals surface area (Å²) in [6.07, 6.45) is 1.95. The lowest BCUT2D eigenvalue weighted by Crippen LogP contribution is -1.87. The Bertz CT molecular complexity index is 1120. The first-order valence-corrected chi connectivity index (χ1v) is 10.2. The fourth-order valence-corrected chi connectivity index (χ4v) is 3.48. The van der Waals surface area contributed by atoms with Crippen LogP contribution in [0, 0.1) is 0 Å². The van der Waals surface area contributed by atoms with E-state index in [2.05, 4.69) is 0 Å². The molecule has 0 unspecified atom stereocenters. The first kappa shape index (κ1) is 20.7. The summed E-state index contributed by atoms with van der Waals surface area (Å²) in [7, 11) is 3.30. The Morgan fingerprint density at radius 1 is 0.710 bits per heavy atom. The van der Waals surface area contributed by atoms with Gasteiger partial charge < -0.3 is 9.47 Å². The van der Waals surface area contributed by atoms with Crippen molar-refractivity contribution < 1.29 is 13.9 Å². The fourth-order valence-electron chi connectivity index (χ4n) is 3.23. The molecule has 0 amide bonds. The summed E-state index contributed by atoms with van der Waals surface area (Å²) in [5.41, 5.74) is 3.79. The van der Waals surface area contributed by atoms with Crippen molar-refractivity contribution in [3.05, 3.63) is 102 Å². The molecule has 154 valence electrons. The van der Waals surface area contributed by atoms with Crippen LogP contribution in [0.25, 0.3) is 33.8 Å². The van der Waals surface area contributed by atoms with Gasteiger partial charge in [-0.2, -0.15) is 0 Å². The van der Waals surface area contributed by atoms with E-state index in [0.717, 1.165) is 45.3 Å². The highest BCUT2D eigenvalue weighted by atomic mass is 35.5. The summed E-state index contributed by atoms with van der Waals surface area (Å²) in [5, 5.41) is 0.660. The van der Waals surface area contributed by atoms with Crippen LogP contribution in [0.4, 0.5) is 0 Å². The largest absolute Gasteiger partial charge is 0.497 e. The van der Waals surface area contributed by atoms with Crippen LogP contribution in [-0.2, 0) is 0 Å². The molecule has 0 saturated heterocycles. The minimum absolute atomic E-state index is 0.660. The van der Waals surface area contributed by atoms with Gasteiger partial charge in [0.15, 0.2) is 0 Å². The Morgan fingerprint density at radius 3 is 1.65 bits per heavy atom. The zero-order valence-electron chi connectivity index (χ0n) is 17.3. The number of rotatable bonds is 6. The van der Waals surface area contributed by atoms with E-state index in [1.54, 1.807) is 14.2 Å². The van der Waals surface area contributed by atoms with Crippen molar-refractivity contribution in [2.75, 3.05) is 14.2 Å². The van der Waals surface area contributed by atoms with E-state index < -0.39 is 0 Å². The fraction of sp³-hybridized carbons (Fsp3) is 0.0741. The van der Waals surface area contributed by atoms with Gasteiger partial charge >= 0.3 is 11.5 Å². The second-order valence-electron chi connectivity index (χ2n) is 6.93. The maximum Gasteiger partial charge on any atom is 0.361 e. The highest BCUT2D eigenvalue weighted by molar-refractivity contribution is 6.51. The first-order valence-electron chi connectivity index (χ1n) is 9.86. The van der Waals surface area contributed by atoms with E-state index in [9.17, 15) is 0 Å². The maximum absolute atomic E-state index is 6.61. The van der Waals surface area contributed by atoms with Gasteiger partial charge in [0.05, 0.1) is 37.5 Å². The summed E-state index contributed by atoms with van der Waals surface area (Å²) in [5.74, 6) is 3.06. The van der Waals surface area contributed by atoms with Crippen LogP contribution < -0.4 is 9.47 Å². The second kappa shape index (κ2) is 9.50. The van der Waals surface area contributed by atoms with Crippen molar-refractivity contribution in [2.45, 2.75) is 0 Å². The first-order chi connectivity index (χ1) is 15.2. The smallest absolute Gasteiger partial charge is 0.361 e. The van der Waals surface area contributed by atoms with E-state index in [4.69, 9.17) is 25.5 Å². The van der Waals surface area contributed by atoms with Crippen molar-refractivity contribution in [1.29, 1.82) is 0 Å². The molecule has 0 radical (unpaired) electrons. The molecule has 3 aromatic carbocycles. The van der Waals surface area contributed by atoms with Gasteiger partial charge in [-0.05, 0) is 65.7 Å². The van der Waals surface area contributed by atoms with Gasteiger partial charge in [-0.15, -0.1) is 0 Å².